The van der Waals surface area contributed by atoms with E-state index in [1.807, 2.05) is 25.4 Å². The van der Waals surface area contributed by atoms with E-state index in [2.05, 4.69) is 32.4 Å². The van der Waals surface area contributed by atoms with Crippen LogP contribution in [0.3, 0.4) is 0 Å². The van der Waals surface area contributed by atoms with Crippen molar-refractivity contribution < 1.29 is 0 Å². The summed E-state index contributed by atoms with van der Waals surface area (Å²) in [6.07, 6.45) is 5.40. The summed E-state index contributed by atoms with van der Waals surface area (Å²) in [4.78, 5) is 10.9. The normalized spacial score (nSPS) is 19.6. The van der Waals surface area contributed by atoms with Crippen LogP contribution in [0.4, 0.5) is 0 Å². The summed E-state index contributed by atoms with van der Waals surface area (Å²) in [5, 5.41) is 7.26. The lowest BCUT2D eigenvalue weighted by Gasteiger charge is -2.30. The van der Waals surface area contributed by atoms with Gasteiger partial charge in [0.15, 0.2) is 5.96 Å². The Hall–Kier alpha value is -1.33. The highest BCUT2D eigenvalue weighted by molar-refractivity contribution is 6.29. The molecular formula is C17H28ClN5. The third kappa shape index (κ3) is 6.75. The highest BCUT2D eigenvalue weighted by Gasteiger charge is 2.15. The molecular weight excluding hydrogens is 310 g/mol. The molecule has 23 heavy (non-hydrogen) atoms. The van der Waals surface area contributed by atoms with Crippen molar-refractivity contribution in [2.24, 2.45) is 10.9 Å². The number of piperidine rings is 1. The molecule has 0 saturated carbocycles. The van der Waals surface area contributed by atoms with Crippen molar-refractivity contribution in [2.75, 3.05) is 39.8 Å². The number of likely N-dealkylation sites (tertiary alicyclic amines) is 1. The summed E-state index contributed by atoms with van der Waals surface area (Å²) < 4.78 is 0. The highest BCUT2D eigenvalue weighted by atomic mass is 35.5. The van der Waals surface area contributed by atoms with E-state index >= 15 is 0 Å². The lowest BCUT2D eigenvalue weighted by Crippen LogP contribution is -2.44. The van der Waals surface area contributed by atoms with E-state index in [9.17, 15) is 0 Å². The zero-order valence-electron chi connectivity index (χ0n) is 14.2. The van der Waals surface area contributed by atoms with Crippen molar-refractivity contribution in [1.82, 2.24) is 20.5 Å². The quantitative estimate of drug-likeness (QED) is 0.474. The number of halogens is 1. The number of rotatable bonds is 6. The molecule has 1 unspecified atom stereocenters. The SMILES string of the molecule is CN=C(NCCc1ccc(Cl)nc1)NCCN1CCCC(C)C1. The fraction of sp³-hybridized carbons (Fsp3) is 0.647. The molecule has 0 bridgehead atoms. The summed E-state index contributed by atoms with van der Waals surface area (Å²) in [6, 6.07) is 3.83. The lowest BCUT2D eigenvalue weighted by molar-refractivity contribution is 0.187. The molecule has 1 fully saturated rings. The van der Waals surface area contributed by atoms with Crippen LogP contribution in [0.5, 0.6) is 0 Å². The molecule has 1 atom stereocenters. The second-order valence-electron chi connectivity index (χ2n) is 6.21. The molecule has 0 aromatic carbocycles. The number of aliphatic imine (C=N–C) groups is 1. The van der Waals surface area contributed by atoms with Crippen molar-refractivity contribution in [3.05, 3.63) is 29.0 Å². The maximum atomic E-state index is 5.79. The fourth-order valence-corrected chi connectivity index (χ4v) is 3.03. The molecule has 1 aliphatic rings. The van der Waals surface area contributed by atoms with E-state index in [0.29, 0.717) is 5.15 Å². The predicted octanol–water partition coefficient (Wildman–Crippen LogP) is 2.17. The van der Waals surface area contributed by atoms with Gasteiger partial charge in [0.1, 0.15) is 5.15 Å². The average Bonchev–Trinajstić information content (AvgIpc) is 2.55. The molecule has 0 radical (unpaired) electrons. The zero-order valence-corrected chi connectivity index (χ0v) is 14.9. The van der Waals surface area contributed by atoms with Crippen molar-refractivity contribution >= 4 is 17.6 Å². The van der Waals surface area contributed by atoms with Crippen LogP contribution in [0.1, 0.15) is 25.3 Å². The first-order valence-corrected chi connectivity index (χ1v) is 8.82. The van der Waals surface area contributed by atoms with Crippen LogP contribution in [-0.2, 0) is 6.42 Å². The molecule has 2 rings (SSSR count). The molecule has 1 aromatic rings. The third-order valence-corrected chi connectivity index (χ3v) is 4.40. The minimum Gasteiger partial charge on any atom is -0.356 e. The summed E-state index contributed by atoms with van der Waals surface area (Å²) in [6.45, 7) is 7.61. The Morgan fingerprint density at radius 1 is 1.39 bits per heavy atom. The van der Waals surface area contributed by atoms with Crippen LogP contribution < -0.4 is 10.6 Å². The minimum absolute atomic E-state index is 0.534. The van der Waals surface area contributed by atoms with Crippen LogP contribution in [0.2, 0.25) is 5.15 Å². The van der Waals surface area contributed by atoms with Gasteiger partial charge in [-0.05, 0) is 43.4 Å². The highest BCUT2D eigenvalue weighted by Crippen LogP contribution is 2.14. The van der Waals surface area contributed by atoms with Gasteiger partial charge in [-0.25, -0.2) is 4.98 Å². The van der Waals surface area contributed by atoms with Crippen molar-refractivity contribution in [2.45, 2.75) is 26.2 Å². The largest absolute Gasteiger partial charge is 0.356 e. The summed E-state index contributed by atoms with van der Waals surface area (Å²) in [5.74, 6) is 1.69. The molecule has 1 aromatic heterocycles. The second kappa shape index (κ2) is 9.73. The van der Waals surface area contributed by atoms with Gasteiger partial charge >= 0.3 is 0 Å². The van der Waals surface area contributed by atoms with Gasteiger partial charge in [-0.15, -0.1) is 0 Å². The minimum atomic E-state index is 0.534. The Kier molecular flexibility index (Phi) is 7.62. The predicted molar refractivity (Wildman–Crippen MR) is 97.2 cm³/mol. The van der Waals surface area contributed by atoms with Gasteiger partial charge in [0.25, 0.3) is 0 Å². The van der Waals surface area contributed by atoms with Gasteiger partial charge in [-0.2, -0.15) is 0 Å². The maximum Gasteiger partial charge on any atom is 0.191 e. The van der Waals surface area contributed by atoms with Crippen molar-refractivity contribution in [3.8, 4) is 0 Å². The summed E-state index contributed by atoms with van der Waals surface area (Å²) in [5.41, 5.74) is 1.17. The second-order valence-corrected chi connectivity index (χ2v) is 6.60. The number of pyridine rings is 1. The number of aromatic nitrogens is 1. The molecule has 5 nitrogen and oxygen atoms in total. The van der Waals surface area contributed by atoms with Crippen LogP contribution in [0.15, 0.2) is 23.3 Å². The van der Waals surface area contributed by atoms with Gasteiger partial charge < -0.3 is 15.5 Å². The van der Waals surface area contributed by atoms with Gasteiger partial charge in [0.2, 0.25) is 0 Å². The van der Waals surface area contributed by atoms with E-state index < -0.39 is 0 Å². The number of nitrogens with one attached hydrogen (secondary N) is 2. The number of guanidine groups is 1. The number of nitrogens with zero attached hydrogens (tertiary/aromatic N) is 3. The van der Waals surface area contributed by atoms with E-state index in [4.69, 9.17) is 11.6 Å². The Bertz CT molecular complexity index is 488. The van der Waals surface area contributed by atoms with Gasteiger partial charge in [-0.3, -0.25) is 4.99 Å². The average molecular weight is 338 g/mol. The Balaban J connectivity index is 1.62. The zero-order chi connectivity index (χ0) is 16.5. The Morgan fingerprint density at radius 3 is 2.91 bits per heavy atom. The first-order chi connectivity index (χ1) is 11.2. The van der Waals surface area contributed by atoms with E-state index in [1.54, 1.807) is 0 Å². The van der Waals surface area contributed by atoms with Crippen molar-refractivity contribution in [3.63, 3.8) is 0 Å². The van der Waals surface area contributed by atoms with Gasteiger partial charge in [0, 0.05) is 39.4 Å². The first-order valence-electron chi connectivity index (χ1n) is 8.44. The lowest BCUT2D eigenvalue weighted by atomic mass is 10.0. The summed E-state index contributed by atoms with van der Waals surface area (Å²) in [7, 11) is 1.81. The number of hydrogen-bond donors (Lipinski definition) is 2. The van der Waals surface area contributed by atoms with E-state index in [-0.39, 0.29) is 0 Å². The van der Waals surface area contributed by atoms with Crippen LogP contribution in [0, 0.1) is 5.92 Å². The van der Waals surface area contributed by atoms with E-state index in [0.717, 1.165) is 37.9 Å². The fourth-order valence-electron chi connectivity index (χ4n) is 2.92. The standard InChI is InChI=1S/C17H28ClN5/c1-14-4-3-10-23(13-14)11-9-21-17(19-2)20-8-7-15-5-6-16(18)22-12-15/h5-6,12,14H,3-4,7-11,13H2,1-2H3,(H2,19,20,21). The molecule has 2 heterocycles. The molecule has 6 heteroatoms. The molecule has 0 amide bonds. The first kappa shape index (κ1) is 18.0. The van der Waals surface area contributed by atoms with E-state index in [1.165, 1.54) is 31.5 Å². The maximum absolute atomic E-state index is 5.79. The summed E-state index contributed by atoms with van der Waals surface area (Å²) >= 11 is 5.79. The molecule has 2 N–H and O–H groups in total. The topological polar surface area (TPSA) is 52.6 Å². The molecule has 0 spiro atoms. The van der Waals surface area contributed by atoms with Gasteiger partial charge in [-0.1, -0.05) is 24.6 Å². The Morgan fingerprint density at radius 2 is 2.22 bits per heavy atom. The monoisotopic (exact) mass is 337 g/mol. The van der Waals surface area contributed by atoms with Crippen LogP contribution in [0.25, 0.3) is 0 Å². The third-order valence-electron chi connectivity index (χ3n) is 4.18. The van der Waals surface area contributed by atoms with Crippen molar-refractivity contribution in [1.29, 1.82) is 0 Å². The van der Waals surface area contributed by atoms with Crippen LogP contribution in [-0.4, -0.2) is 55.6 Å². The van der Waals surface area contributed by atoms with Gasteiger partial charge in [0.05, 0.1) is 0 Å². The smallest absolute Gasteiger partial charge is 0.191 e. The molecule has 1 aliphatic heterocycles. The Labute approximate surface area is 144 Å². The molecule has 1 saturated heterocycles. The van der Waals surface area contributed by atoms with Crippen LogP contribution >= 0.6 is 11.6 Å². The molecule has 0 aliphatic carbocycles. The molecule has 128 valence electrons. The number of hydrogen-bond acceptors (Lipinski definition) is 3.